The molecule has 17 heavy (non-hydrogen) atoms. The van der Waals surface area contributed by atoms with E-state index < -0.39 is 10.0 Å². The Kier molecular flexibility index (Phi) is 5.01. The average molecular weight is 253 g/mol. The van der Waals surface area contributed by atoms with Crippen LogP contribution in [0.15, 0.2) is 29.2 Å². The molecule has 1 aromatic rings. The minimum Gasteiger partial charge on any atom is -0.481 e. The van der Waals surface area contributed by atoms with Crippen molar-refractivity contribution in [2.24, 2.45) is 0 Å². The molecule has 0 atom stereocenters. The van der Waals surface area contributed by atoms with Crippen LogP contribution in [0.4, 0.5) is 0 Å². The van der Waals surface area contributed by atoms with Crippen LogP contribution in [0, 0.1) is 11.8 Å². The number of hydrogen-bond acceptors (Lipinski definition) is 3. The summed E-state index contributed by atoms with van der Waals surface area (Å²) in [6, 6.07) is 6.21. The van der Waals surface area contributed by atoms with Gasteiger partial charge >= 0.3 is 0 Å². The van der Waals surface area contributed by atoms with Crippen molar-refractivity contribution in [3.05, 3.63) is 24.3 Å². The third kappa shape index (κ3) is 4.10. The molecule has 0 amide bonds. The summed E-state index contributed by atoms with van der Waals surface area (Å²) in [5, 5.41) is 0. The lowest BCUT2D eigenvalue weighted by atomic mass is 10.3. The molecule has 1 N–H and O–H groups in total. The first-order valence-electron chi connectivity index (χ1n) is 5.22. The summed E-state index contributed by atoms with van der Waals surface area (Å²) in [4.78, 5) is 0.215. The Morgan fingerprint density at radius 2 is 1.88 bits per heavy atom. The Morgan fingerprint density at radius 1 is 1.24 bits per heavy atom. The van der Waals surface area contributed by atoms with Crippen molar-refractivity contribution in [3.8, 4) is 17.6 Å². The van der Waals surface area contributed by atoms with E-state index in [1.807, 2.05) is 6.92 Å². The Hall–Kier alpha value is -1.51. The molecule has 0 heterocycles. The normalized spacial score (nSPS) is 10.5. The summed E-state index contributed by atoms with van der Waals surface area (Å²) in [5.74, 6) is 6.32. The van der Waals surface area contributed by atoms with Gasteiger partial charge in [0, 0.05) is 6.42 Å². The molecule has 0 spiro atoms. The average Bonchev–Trinajstić information content (AvgIpc) is 2.35. The fourth-order valence-electron chi connectivity index (χ4n) is 1.13. The third-order valence-electron chi connectivity index (χ3n) is 2.02. The number of sulfonamides is 1. The van der Waals surface area contributed by atoms with Crippen LogP contribution in [0.25, 0.3) is 0 Å². The Bertz CT molecular complexity index is 509. The molecule has 0 bridgehead atoms. The maximum absolute atomic E-state index is 11.4. The summed E-state index contributed by atoms with van der Waals surface area (Å²) in [7, 11) is -2.00. The summed E-state index contributed by atoms with van der Waals surface area (Å²) < 4.78 is 30.4. The predicted octanol–water partition coefficient (Wildman–Crippen LogP) is 1.39. The van der Waals surface area contributed by atoms with Crippen LogP contribution >= 0.6 is 0 Å². The van der Waals surface area contributed by atoms with E-state index in [0.717, 1.165) is 6.42 Å². The highest BCUT2D eigenvalue weighted by Crippen LogP contribution is 2.15. The Balaban J connectivity index is 2.69. The van der Waals surface area contributed by atoms with E-state index in [9.17, 15) is 8.42 Å². The van der Waals surface area contributed by atoms with Gasteiger partial charge < -0.3 is 4.74 Å². The lowest BCUT2D eigenvalue weighted by molar-refractivity contribution is 0.370. The molecule has 4 nitrogen and oxygen atoms in total. The third-order valence-corrected chi connectivity index (χ3v) is 3.45. The highest BCUT2D eigenvalue weighted by molar-refractivity contribution is 7.89. The van der Waals surface area contributed by atoms with Crippen LogP contribution in [0.5, 0.6) is 5.75 Å². The summed E-state index contributed by atoms with van der Waals surface area (Å²) in [6.07, 6.45) is 0.794. The van der Waals surface area contributed by atoms with E-state index >= 15 is 0 Å². The Morgan fingerprint density at radius 3 is 2.41 bits per heavy atom. The monoisotopic (exact) mass is 253 g/mol. The van der Waals surface area contributed by atoms with Gasteiger partial charge in [-0.05, 0) is 31.3 Å². The zero-order valence-corrected chi connectivity index (χ0v) is 10.7. The van der Waals surface area contributed by atoms with Crippen LogP contribution in [-0.4, -0.2) is 22.1 Å². The SMILES string of the molecule is CCC#CCOc1ccc(S(=O)(=O)NC)cc1. The number of nitrogens with one attached hydrogen (secondary N) is 1. The van der Waals surface area contributed by atoms with Crippen LogP contribution in [0.1, 0.15) is 13.3 Å². The molecule has 0 aliphatic carbocycles. The molecular weight excluding hydrogens is 238 g/mol. The van der Waals surface area contributed by atoms with Gasteiger partial charge in [0.15, 0.2) is 0 Å². The first-order valence-corrected chi connectivity index (χ1v) is 6.70. The molecule has 0 radical (unpaired) electrons. The summed E-state index contributed by atoms with van der Waals surface area (Å²) >= 11 is 0. The van der Waals surface area contributed by atoms with E-state index in [4.69, 9.17) is 4.74 Å². The first-order chi connectivity index (χ1) is 8.10. The largest absolute Gasteiger partial charge is 0.481 e. The topological polar surface area (TPSA) is 55.4 Å². The number of benzene rings is 1. The molecule has 1 rings (SSSR count). The number of rotatable bonds is 4. The van der Waals surface area contributed by atoms with Crippen LogP contribution in [0.2, 0.25) is 0 Å². The van der Waals surface area contributed by atoms with Gasteiger partial charge in [-0.3, -0.25) is 0 Å². The molecule has 1 aromatic carbocycles. The van der Waals surface area contributed by atoms with Crippen molar-refractivity contribution < 1.29 is 13.2 Å². The number of ether oxygens (including phenoxy) is 1. The minimum atomic E-state index is -3.38. The van der Waals surface area contributed by atoms with Crippen molar-refractivity contribution in [1.82, 2.24) is 4.72 Å². The fraction of sp³-hybridized carbons (Fsp3) is 0.333. The summed E-state index contributed by atoms with van der Waals surface area (Å²) in [5.41, 5.74) is 0. The molecule has 0 saturated carbocycles. The van der Waals surface area contributed by atoms with Crippen molar-refractivity contribution >= 4 is 10.0 Å². The minimum absolute atomic E-state index is 0.215. The van der Waals surface area contributed by atoms with E-state index in [1.54, 1.807) is 12.1 Å². The second kappa shape index (κ2) is 6.28. The van der Waals surface area contributed by atoms with Crippen LogP contribution in [0.3, 0.4) is 0 Å². The smallest absolute Gasteiger partial charge is 0.240 e. The molecular formula is C12H15NO3S. The quantitative estimate of drug-likeness (QED) is 0.825. The zero-order valence-electron chi connectivity index (χ0n) is 9.86. The molecule has 0 unspecified atom stereocenters. The lowest BCUT2D eigenvalue weighted by Crippen LogP contribution is -2.18. The van der Waals surface area contributed by atoms with Gasteiger partial charge in [-0.2, -0.15) is 0 Å². The lowest BCUT2D eigenvalue weighted by Gasteiger charge is -2.04. The Labute approximate surface area is 102 Å². The van der Waals surface area contributed by atoms with E-state index in [2.05, 4.69) is 16.6 Å². The van der Waals surface area contributed by atoms with Crippen molar-refractivity contribution in [2.45, 2.75) is 18.2 Å². The van der Waals surface area contributed by atoms with Gasteiger partial charge in [0.2, 0.25) is 10.0 Å². The standard InChI is InChI=1S/C12H15NO3S/c1-3-4-5-10-16-11-6-8-12(9-7-11)17(14,15)13-2/h6-9,13H,3,10H2,1-2H3. The van der Waals surface area contributed by atoms with Crippen molar-refractivity contribution in [2.75, 3.05) is 13.7 Å². The fourth-order valence-corrected chi connectivity index (χ4v) is 1.86. The zero-order chi connectivity index (χ0) is 12.7. The second-order valence-electron chi connectivity index (χ2n) is 3.17. The van der Waals surface area contributed by atoms with Gasteiger partial charge in [0.25, 0.3) is 0 Å². The maximum atomic E-state index is 11.4. The molecule has 0 aromatic heterocycles. The van der Waals surface area contributed by atoms with E-state index in [-0.39, 0.29) is 4.90 Å². The van der Waals surface area contributed by atoms with Crippen LogP contribution < -0.4 is 9.46 Å². The van der Waals surface area contributed by atoms with Crippen molar-refractivity contribution in [1.29, 1.82) is 0 Å². The summed E-state index contributed by atoms with van der Waals surface area (Å²) in [6.45, 7) is 2.27. The molecule has 0 aliphatic rings. The van der Waals surface area contributed by atoms with E-state index in [0.29, 0.717) is 12.4 Å². The highest BCUT2D eigenvalue weighted by Gasteiger charge is 2.10. The maximum Gasteiger partial charge on any atom is 0.240 e. The van der Waals surface area contributed by atoms with Gasteiger partial charge in [-0.1, -0.05) is 12.8 Å². The molecule has 0 fully saturated rings. The van der Waals surface area contributed by atoms with Gasteiger partial charge in [0.05, 0.1) is 4.90 Å². The van der Waals surface area contributed by atoms with Crippen LogP contribution in [-0.2, 0) is 10.0 Å². The van der Waals surface area contributed by atoms with Gasteiger partial charge in [-0.25, -0.2) is 13.1 Å². The molecule has 92 valence electrons. The molecule has 0 aliphatic heterocycles. The highest BCUT2D eigenvalue weighted by atomic mass is 32.2. The first kappa shape index (κ1) is 13.6. The number of hydrogen-bond donors (Lipinski definition) is 1. The molecule has 0 saturated heterocycles. The van der Waals surface area contributed by atoms with E-state index in [1.165, 1.54) is 19.2 Å². The van der Waals surface area contributed by atoms with Gasteiger partial charge in [-0.15, -0.1) is 5.92 Å². The van der Waals surface area contributed by atoms with Crippen molar-refractivity contribution in [3.63, 3.8) is 0 Å². The second-order valence-corrected chi connectivity index (χ2v) is 5.06. The molecule has 5 heteroatoms. The predicted molar refractivity (Wildman–Crippen MR) is 66.2 cm³/mol. The van der Waals surface area contributed by atoms with Gasteiger partial charge in [0.1, 0.15) is 12.4 Å².